The molecule has 1 fully saturated rings. The van der Waals surface area contributed by atoms with Crippen LogP contribution in [0.4, 0.5) is 0 Å². The third-order valence-electron chi connectivity index (χ3n) is 0.674. The summed E-state index contributed by atoms with van der Waals surface area (Å²) in [5, 5.41) is 0. The van der Waals surface area contributed by atoms with Crippen LogP contribution in [0.25, 0.3) is 0 Å². The van der Waals surface area contributed by atoms with Gasteiger partial charge in [0.2, 0.25) is 0 Å². The van der Waals surface area contributed by atoms with Crippen LogP contribution in [0.1, 0.15) is 6.92 Å². The van der Waals surface area contributed by atoms with Crippen LogP contribution in [0.2, 0.25) is 0 Å². The summed E-state index contributed by atoms with van der Waals surface area (Å²) in [5.74, 6) is 0. The lowest BCUT2D eigenvalue weighted by Gasteiger charge is -1.94. The fourth-order valence-corrected chi connectivity index (χ4v) is 1.67. The van der Waals surface area contributed by atoms with E-state index < -0.39 is 7.73 Å². The van der Waals surface area contributed by atoms with E-state index in [9.17, 15) is 0 Å². The minimum Gasteiger partial charge on any atom is -0.319 e. The lowest BCUT2D eigenvalue weighted by atomic mass is 10.5. The molecule has 0 spiro atoms. The van der Waals surface area contributed by atoms with Gasteiger partial charge in [-0.15, -0.1) is 0 Å². The maximum Gasteiger partial charge on any atom is 0.277 e. The van der Waals surface area contributed by atoms with Crippen LogP contribution in [-0.2, 0) is 9.05 Å². The van der Waals surface area contributed by atoms with Crippen LogP contribution >= 0.6 is 19.0 Å². The van der Waals surface area contributed by atoms with Crippen molar-refractivity contribution < 1.29 is 9.05 Å². The second-order valence-electron chi connectivity index (χ2n) is 1.42. The van der Waals surface area contributed by atoms with Gasteiger partial charge in [0.25, 0.3) is 7.73 Å². The third-order valence-corrected chi connectivity index (χ3v) is 2.08. The lowest BCUT2D eigenvalue weighted by molar-refractivity contribution is 0.263. The highest BCUT2D eigenvalue weighted by Gasteiger charge is 2.20. The Morgan fingerprint density at radius 2 is 2.57 bits per heavy atom. The molecule has 0 aromatic carbocycles. The average molecular weight is 141 g/mol. The zero-order chi connectivity index (χ0) is 5.28. The molecule has 1 saturated heterocycles. The summed E-state index contributed by atoms with van der Waals surface area (Å²) in [5.41, 5.74) is 0. The van der Waals surface area contributed by atoms with Crippen LogP contribution in [0, 0.1) is 0 Å². The topological polar surface area (TPSA) is 18.5 Å². The van der Waals surface area contributed by atoms with E-state index >= 15 is 0 Å². The fraction of sp³-hybridized carbons (Fsp3) is 1.00. The summed E-state index contributed by atoms with van der Waals surface area (Å²) >= 11 is 5.43. The first-order valence-corrected chi connectivity index (χ1v) is 4.13. The van der Waals surface area contributed by atoms with Crippen LogP contribution in [0.15, 0.2) is 0 Å². The van der Waals surface area contributed by atoms with Gasteiger partial charge < -0.3 is 9.05 Å². The van der Waals surface area contributed by atoms with Crippen molar-refractivity contribution in [1.29, 1.82) is 0 Å². The second kappa shape index (κ2) is 2.27. The molecule has 7 heavy (non-hydrogen) atoms. The summed E-state index contributed by atoms with van der Waals surface area (Å²) in [4.78, 5) is 0. The van der Waals surface area contributed by atoms with Gasteiger partial charge in [0.15, 0.2) is 0 Å². The smallest absolute Gasteiger partial charge is 0.277 e. The van der Waals surface area contributed by atoms with Crippen molar-refractivity contribution in [2.24, 2.45) is 0 Å². The maximum atomic E-state index is 5.43. The highest BCUT2D eigenvalue weighted by atomic mass is 35.7. The van der Waals surface area contributed by atoms with Crippen molar-refractivity contribution in [2.45, 2.75) is 13.0 Å². The standard InChI is InChI=1S/C3H6ClO2P/c1-3-2-5-7(4)6-3/h3H,2H2,1H3/t3-,7?/m0/s1. The molecular weight excluding hydrogens is 134 g/mol. The fourth-order valence-electron chi connectivity index (χ4n) is 0.366. The summed E-state index contributed by atoms with van der Waals surface area (Å²) in [7, 11) is -1.03. The monoisotopic (exact) mass is 140 g/mol. The van der Waals surface area contributed by atoms with E-state index in [4.69, 9.17) is 20.3 Å². The van der Waals surface area contributed by atoms with Crippen LogP contribution in [0.3, 0.4) is 0 Å². The van der Waals surface area contributed by atoms with Gasteiger partial charge in [0.05, 0.1) is 12.7 Å². The molecule has 0 amide bonds. The molecule has 4 heteroatoms. The molecule has 42 valence electrons. The molecule has 0 aromatic heterocycles. The van der Waals surface area contributed by atoms with Gasteiger partial charge in [0.1, 0.15) is 0 Å². The molecule has 1 aliphatic rings. The van der Waals surface area contributed by atoms with Crippen molar-refractivity contribution in [2.75, 3.05) is 6.61 Å². The molecule has 0 N–H and O–H groups in total. The predicted octanol–water partition coefficient (Wildman–Crippen LogP) is 1.89. The highest BCUT2D eigenvalue weighted by Crippen LogP contribution is 2.49. The van der Waals surface area contributed by atoms with Gasteiger partial charge in [-0.3, -0.25) is 0 Å². The quantitative estimate of drug-likeness (QED) is 0.479. The van der Waals surface area contributed by atoms with E-state index in [-0.39, 0.29) is 6.10 Å². The minimum absolute atomic E-state index is 0.198. The Morgan fingerprint density at radius 3 is 2.71 bits per heavy atom. The number of hydrogen-bond donors (Lipinski definition) is 0. The average Bonchev–Trinajstić information content (AvgIpc) is 1.87. The van der Waals surface area contributed by atoms with Crippen molar-refractivity contribution >= 4 is 19.0 Å². The van der Waals surface area contributed by atoms with Gasteiger partial charge in [0, 0.05) is 0 Å². The van der Waals surface area contributed by atoms with E-state index in [0.29, 0.717) is 6.61 Å². The molecule has 0 saturated carbocycles. The van der Waals surface area contributed by atoms with Crippen LogP contribution in [-0.4, -0.2) is 12.7 Å². The molecule has 0 aromatic rings. The summed E-state index contributed by atoms with van der Waals surface area (Å²) in [6.07, 6.45) is 0.198. The van der Waals surface area contributed by atoms with Gasteiger partial charge in [-0.25, -0.2) is 0 Å². The van der Waals surface area contributed by atoms with E-state index in [1.54, 1.807) is 0 Å². The zero-order valence-electron chi connectivity index (χ0n) is 3.93. The van der Waals surface area contributed by atoms with Gasteiger partial charge in [-0.1, -0.05) is 0 Å². The van der Waals surface area contributed by atoms with E-state index in [0.717, 1.165) is 0 Å². The molecule has 0 bridgehead atoms. The minimum atomic E-state index is -1.03. The van der Waals surface area contributed by atoms with Gasteiger partial charge in [-0.05, 0) is 18.2 Å². The highest BCUT2D eigenvalue weighted by molar-refractivity contribution is 7.76. The van der Waals surface area contributed by atoms with Crippen molar-refractivity contribution in [3.05, 3.63) is 0 Å². The van der Waals surface area contributed by atoms with E-state index in [1.165, 1.54) is 0 Å². The SMILES string of the molecule is C[C@H]1COP(Cl)O1. The Hall–Kier alpha value is 0.640. The Kier molecular flexibility index (Phi) is 1.87. The summed E-state index contributed by atoms with van der Waals surface area (Å²) in [6.45, 7) is 2.58. The Balaban J connectivity index is 2.26. The molecular formula is C3H6ClO2P. The molecule has 1 aliphatic heterocycles. The van der Waals surface area contributed by atoms with Gasteiger partial charge >= 0.3 is 0 Å². The first kappa shape index (κ1) is 5.77. The van der Waals surface area contributed by atoms with Gasteiger partial charge in [-0.2, -0.15) is 0 Å². The molecule has 1 heterocycles. The van der Waals surface area contributed by atoms with Crippen molar-refractivity contribution in [3.63, 3.8) is 0 Å². The predicted molar refractivity (Wildman–Crippen MR) is 29.3 cm³/mol. The maximum absolute atomic E-state index is 5.43. The summed E-state index contributed by atoms with van der Waals surface area (Å²) in [6, 6.07) is 0. The van der Waals surface area contributed by atoms with Crippen molar-refractivity contribution in [3.8, 4) is 0 Å². The van der Waals surface area contributed by atoms with E-state index in [1.807, 2.05) is 6.92 Å². The Morgan fingerprint density at radius 1 is 1.86 bits per heavy atom. The molecule has 1 rings (SSSR count). The Bertz CT molecular complexity index is 62.0. The van der Waals surface area contributed by atoms with E-state index in [2.05, 4.69) is 0 Å². The number of halogens is 1. The molecule has 2 nitrogen and oxygen atoms in total. The van der Waals surface area contributed by atoms with Crippen LogP contribution < -0.4 is 0 Å². The molecule has 0 radical (unpaired) electrons. The molecule has 0 aliphatic carbocycles. The Labute approximate surface area is 48.5 Å². The molecule has 1 unspecified atom stereocenters. The van der Waals surface area contributed by atoms with Crippen molar-refractivity contribution in [1.82, 2.24) is 0 Å². The van der Waals surface area contributed by atoms with Crippen LogP contribution in [0.5, 0.6) is 0 Å². The third kappa shape index (κ3) is 1.54. The number of hydrogen-bond acceptors (Lipinski definition) is 2. The molecule has 2 atom stereocenters. The lowest BCUT2D eigenvalue weighted by Crippen LogP contribution is -1.99. The first-order chi connectivity index (χ1) is 3.29. The zero-order valence-corrected chi connectivity index (χ0v) is 5.58. The normalized spacial score (nSPS) is 42.0. The first-order valence-electron chi connectivity index (χ1n) is 2.04. The second-order valence-corrected chi connectivity index (χ2v) is 3.15. The summed E-state index contributed by atoms with van der Waals surface area (Å²) < 4.78 is 9.84. The number of rotatable bonds is 0. The largest absolute Gasteiger partial charge is 0.319 e.